The van der Waals surface area contributed by atoms with Crippen molar-refractivity contribution >= 4 is 11.6 Å². The summed E-state index contributed by atoms with van der Waals surface area (Å²) in [4.78, 5) is 2.58. The summed E-state index contributed by atoms with van der Waals surface area (Å²) >= 11 is 5.89. The molecule has 0 bridgehead atoms. The van der Waals surface area contributed by atoms with E-state index >= 15 is 0 Å². The second-order valence-electron chi connectivity index (χ2n) is 6.44. The fourth-order valence-corrected chi connectivity index (χ4v) is 2.74. The Balaban J connectivity index is 1.75. The highest BCUT2D eigenvalue weighted by Crippen LogP contribution is 2.20. The number of nitrogens with one attached hydrogen (secondary N) is 1. The van der Waals surface area contributed by atoms with Crippen LogP contribution >= 0.6 is 11.6 Å². The van der Waals surface area contributed by atoms with Gasteiger partial charge in [0, 0.05) is 36.2 Å². The number of hydrogen-bond acceptors (Lipinski definition) is 2. The van der Waals surface area contributed by atoms with Crippen molar-refractivity contribution < 1.29 is 0 Å². The lowest BCUT2D eigenvalue weighted by atomic mass is 9.98. The summed E-state index contributed by atoms with van der Waals surface area (Å²) in [6, 6.07) is 8.76. The average Bonchev–Trinajstić information content (AvgIpc) is 2.37. The Hall–Kier alpha value is -0.570. The molecule has 1 aliphatic heterocycles. The first-order valence-electron chi connectivity index (χ1n) is 7.18. The third-order valence-electron chi connectivity index (χ3n) is 3.95. The number of likely N-dealkylation sites (tertiary alicyclic amines) is 1. The Morgan fingerprint density at radius 2 is 1.74 bits per heavy atom. The monoisotopic (exact) mass is 280 g/mol. The number of halogens is 1. The highest BCUT2D eigenvalue weighted by molar-refractivity contribution is 6.30. The minimum atomic E-state index is 0.307. The van der Waals surface area contributed by atoms with Crippen LogP contribution in [0.4, 0.5) is 0 Å². The third-order valence-corrected chi connectivity index (χ3v) is 4.20. The van der Waals surface area contributed by atoms with Gasteiger partial charge in [-0.05, 0) is 51.3 Å². The maximum Gasteiger partial charge on any atom is 0.0406 e. The summed E-state index contributed by atoms with van der Waals surface area (Å²) in [7, 11) is 0. The molecule has 1 saturated heterocycles. The molecule has 3 heteroatoms. The van der Waals surface area contributed by atoms with E-state index in [0.29, 0.717) is 11.6 Å². The van der Waals surface area contributed by atoms with Gasteiger partial charge in [0.05, 0.1) is 0 Å². The lowest BCUT2D eigenvalue weighted by molar-refractivity contribution is 0.0960. The van der Waals surface area contributed by atoms with E-state index < -0.39 is 0 Å². The fourth-order valence-electron chi connectivity index (χ4n) is 2.62. The molecule has 1 N–H and O–H groups in total. The van der Waals surface area contributed by atoms with Crippen LogP contribution in [-0.2, 0) is 6.54 Å². The highest BCUT2D eigenvalue weighted by Gasteiger charge is 2.26. The van der Waals surface area contributed by atoms with Gasteiger partial charge in [-0.1, -0.05) is 23.7 Å². The van der Waals surface area contributed by atoms with Crippen molar-refractivity contribution in [1.82, 2.24) is 10.2 Å². The van der Waals surface area contributed by atoms with Crippen LogP contribution in [0.2, 0.25) is 5.02 Å². The summed E-state index contributed by atoms with van der Waals surface area (Å²) in [6.45, 7) is 10.2. The van der Waals surface area contributed by atoms with Crippen molar-refractivity contribution in [2.75, 3.05) is 13.1 Å². The standard InChI is InChI=1S/C16H25ClN2/c1-16(2,3)19-10-8-15(9-11-19)18-12-13-4-6-14(17)7-5-13/h4-7,15,18H,8-12H2,1-3H3. The minimum absolute atomic E-state index is 0.307. The van der Waals surface area contributed by atoms with Crippen LogP contribution < -0.4 is 5.32 Å². The smallest absolute Gasteiger partial charge is 0.0406 e. The first kappa shape index (κ1) is 14.8. The first-order chi connectivity index (χ1) is 8.95. The normalized spacial score (nSPS) is 18.7. The van der Waals surface area contributed by atoms with Gasteiger partial charge in [-0.25, -0.2) is 0 Å². The number of hydrogen-bond donors (Lipinski definition) is 1. The van der Waals surface area contributed by atoms with E-state index in [0.717, 1.165) is 11.6 Å². The summed E-state index contributed by atoms with van der Waals surface area (Å²) in [5.74, 6) is 0. The van der Waals surface area contributed by atoms with E-state index in [4.69, 9.17) is 11.6 Å². The molecule has 0 saturated carbocycles. The van der Waals surface area contributed by atoms with Gasteiger partial charge in [-0.3, -0.25) is 4.90 Å². The molecular formula is C16H25ClN2. The van der Waals surface area contributed by atoms with Crippen LogP contribution in [0.25, 0.3) is 0 Å². The Morgan fingerprint density at radius 3 is 2.26 bits per heavy atom. The Morgan fingerprint density at radius 1 is 1.16 bits per heavy atom. The number of rotatable bonds is 3. The molecule has 1 aromatic rings. The maximum atomic E-state index is 5.89. The number of benzene rings is 1. The van der Waals surface area contributed by atoms with Crippen molar-refractivity contribution in [3.05, 3.63) is 34.9 Å². The predicted molar refractivity (Wildman–Crippen MR) is 82.6 cm³/mol. The van der Waals surface area contributed by atoms with Crippen LogP contribution in [0.3, 0.4) is 0 Å². The molecule has 0 unspecified atom stereocenters. The molecule has 1 heterocycles. The molecule has 0 radical (unpaired) electrons. The zero-order valence-corrected chi connectivity index (χ0v) is 13.0. The zero-order chi connectivity index (χ0) is 13.9. The first-order valence-corrected chi connectivity index (χ1v) is 7.56. The number of nitrogens with zero attached hydrogens (tertiary/aromatic N) is 1. The molecule has 0 atom stereocenters. The van der Waals surface area contributed by atoms with Gasteiger partial charge in [-0.2, -0.15) is 0 Å². The van der Waals surface area contributed by atoms with Gasteiger partial charge >= 0.3 is 0 Å². The van der Waals surface area contributed by atoms with Gasteiger partial charge in [0.25, 0.3) is 0 Å². The molecule has 0 spiro atoms. The molecule has 106 valence electrons. The van der Waals surface area contributed by atoms with E-state index in [1.807, 2.05) is 12.1 Å². The SMILES string of the molecule is CC(C)(C)N1CCC(NCc2ccc(Cl)cc2)CC1. The molecule has 2 nitrogen and oxygen atoms in total. The lowest BCUT2D eigenvalue weighted by Gasteiger charge is -2.41. The Bertz CT molecular complexity index is 386. The molecule has 0 aromatic heterocycles. The molecule has 2 rings (SSSR count). The van der Waals surface area contributed by atoms with Crippen LogP contribution in [0.5, 0.6) is 0 Å². The molecule has 1 aromatic carbocycles. The Kier molecular flexibility index (Phi) is 4.88. The van der Waals surface area contributed by atoms with E-state index in [-0.39, 0.29) is 0 Å². The number of piperidine rings is 1. The third kappa shape index (κ3) is 4.48. The van der Waals surface area contributed by atoms with Crippen LogP contribution in [0.1, 0.15) is 39.2 Å². The van der Waals surface area contributed by atoms with Gasteiger partial charge in [0.2, 0.25) is 0 Å². The fraction of sp³-hybridized carbons (Fsp3) is 0.625. The average molecular weight is 281 g/mol. The van der Waals surface area contributed by atoms with Crippen LogP contribution in [0, 0.1) is 0 Å². The second-order valence-corrected chi connectivity index (χ2v) is 6.88. The predicted octanol–water partition coefficient (Wildman–Crippen LogP) is 3.69. The van der Waals surface area contributed by atoms with E-state index in [1.54, 1.807) is 0 Å². The summed E-state index contributed by atoms with van der Waals surface area (Å²) in [6.07, 6.45) is 2.48. The molecule has 0 aliphatic carbocycles. The van der Waals surface area contributed by atoms with Gasteiger partial charge in [0.15, 0.2) is 0 Å². The summed E-state index contributed by atoms with van der Waals surface area (Å²) in [5.41, 5.74) is 1.61. The minimum Gasteiger partial charge on any atom is -0.310 e. The second kappa shape index (κ2) is 6.25. The largest absolute Gasteiger partial charge is 0.310 e. The van der Waals surface area contributed by atoms with E-state index in [9.17, 15) is 0 Å². The van der Waals surface area contributed by atoms with Crippen molar-refractivity contribution in [3.8, 4) is 0 Å². The maximum absolute atomic E-state index is 5.89. The van der Waals surface area contributed by atoms with Gasteiger partial charge in [0.1, 0.15) is 0 Å². The Labute approximate surface area is 122 Å². The summed E-state index contributed by atoms with van der Waals surface area (Å²) in [5, 5.41) is 4.47. The van der Waals surface area contributed by atoms with Gasteiger partial charge < -0.3 is 5.32 Å². The van der Waals surface area contributed by atoms with Crippen LogP contribution in [-0.4, -0.2) is 29.6 Å². The lowest BCUT2D eigenvalue weighted by Crippen LogP contribution is -2.49. The van der Waals surface area contributed by atoms with E-state index in [2.05, 4.69) is 43.1 Å². The zero-order valence-electron chi connectivity index (χ0n) is 12.2. The molecule has 19 heavy (non-hydrogen) atoms. The van der Waals surface area contributed by atoms with E-state index in [1.165, 1.54) is 31.5 Å². The molecule has 1 aliphatic rings. The van der Waals surface area contributed by atoms with Crippen molar-refractivity contribution in [2.45, 2.75) is 51.7 Å². The quantitative estimate of drug-likeness (QED) is 0.908. The topological polar surface area (TPSA) is 15.3 Å². The summed E-state index contributed by atoms with van der Waals surface area (Å²) < 4.78 is 0. The highest BCUT2D eigenvalue weighted by atomic mass is 35.5. The van der Waals surface area contributed by atoms with Crippen LogP contribution in [0.15, 0.2) is 24.3 Å². The van der Waals surface area contributed by atoms with Gasteiger partial charge in [-0.15, -0.1) is 0 Å². The molecule has 1 fully saturated rings. The van der Waals surface area contributed by atoms with Crippen molar-refractivity contribution in [2.24, 2.45) is 0 Å². The molecule has 0 amide bonds. The van der Waals surface area contributed by atoms with Crippen molar-refractivity contribution in [1.29, 1.82) is 0 Å². The molecular weight excluding hydrogens is 256 g/mol. The van der Waals surface area contributed by atoms with Crippen molar-refractivity contribution in [3.63, 3.8) is 0 Å².